The Hall–Kier alpha value is -0.330. The fourth-order valence-corrected chi connectivity index (χ4v) is 4.24. The number of hydrogen-bond donors (Lipinski definition) is 0. The van der Waals surface area contributed by atoms with Gasteiger partial charge in [-0.25, -0.2) is 0 Å². The fraction of sp³-hybridized carbons (Fsp3) is 0.929. The second-order valence-corrected chi connectivity index (χ2v) is 6.44. The Morgan fingerprint density at radius 3 is 2.60 bits per heavy atom. The standard InChI is InChI=1S/C14H22O/c1-10-3-4-12(15)7-13(10)11-8-14(9-11)5-2-6-14/h10-11,13H,2-9H2,1H3. The Balaban J connectivity index is 1.60. The average Bonchev–Trinajstić information content (AvgIpc) is 2.06. The molecule has 3 saturated carbocycles. The Kier molecular flexibility index (Phi) is 2.19. The molecular formula is C14H22O. The zero-order valence-electron chi connectivity index (χ0n) is 9.80. The van der Waals surface area contributed by atoms with E-state index < -0.39 is 0 Å². The van der Waals surface area contributed by atoms with E-state index in [0.717, 1.165) is 42.4 Å². The summed E-state index contributed by atoms with van der Waals surface area (Å²) in [7, 11) is 0. The molecule has 0 radical (unpaired) electrons. The van der Waals surface area contributed by atoms with Crippen LogP contribution in [0.2, 0.25) is 0 Å². The van der Waals surface area contributed by atoms with Crippen LogP contribution in [0.3, 0.4) is 0 Å². The van der Waals surface area contributed by atoms with Gasteiger partial charge in [-0.2, -0.15) is 0 Å². The highest BCUT2D eigenvalue weighted by Gasteiger charge is 2.51. The Bertz CT molecular complexity index is 269. The van der Waals surface area contributed by atoms with Gasteiger partial charge >= 0.3 is 0 Å². The van der Waals surface area contributed by atoms with Gasteiger partial charge in [0.15, 0.2) is 0 Å². The molecule has 3 aliphatic carbocycles. The second kappa shape index (κ2) is 3.33. The summed E-state index contributed by atoms with van der Waals surface area (Å²) < 4.78 is 0. The lowest BCUT2D eigenvalue weighted by molar-refractivity contribution is -0.127. The first-order valence-electron chi connectivity index (χ1n) is 6.70. The topological polar surface area (TPSA) is 17.1 Å². The third-order valence-corrected chi connectivity index (χ3v) is 5.48. The lowest BCUT2D eigenvalue weighted by atomic mass is 9.48. The lowest BCUT2D eigenvalue weighted by Gasteiger charge is -2.57. The molecular weight excluding hydrogens is 184 g/mol. The van der Waals surface area contributed by atoms with Gasteiger partial charge in [0.05, 0.1) is 0 Å². The molecule has 0 saturated heterocycles. The molecule has 2 unspecified atom stereocenters. The van der Waals surface area contributed by atoms with Crippen LogP contribution in [-0.2, 0) is 4.79 Å². The second-order valence-electron chi connectivity index (χ2n) is 6.44. The van der Waals surface area contributed by atoms with Crippen molar-refractivity contribution >= 4 is 5.78 Å². The number of carbonyl (C=O) groups excluding carboxylic acids is 1. The van der Waals surface area contributed by atoms with Crippen LogP contribution in [0.4, 0.5) is 0 Å². The van der Waals surface area contributed by atoms with Crippen LogP contribution < -0.4 is 0 Å². The van der Waals surface area contributed by atoms with Gasteiger partial charge < -0.3 is 0 Å². The maximum Gasteiger partial charge on any atom is 0.133 e. The van der Waals surface area contributed by atoms with Gasteiger partial charge in [-0.05, 0) is 55.3 Å². The van der Waals surface area contributed by atoms with Crippen LogP contribution in [0.5, 0.6) is 0 Å². The van der Waals surface area contributed by atoms with Gasteiger partial charge in [-0.3, -0.25) is 4.79 Å². The first-order valence-corrected chi connectivity index (χ1v) is 6.70. The number of Topliss-reactive ketones (excluding diaryl/α,β-unsaturated/α-hetero) is 1. The van der Waals surface area contributed by atoms with Gasteiger partial charge in [0.2, 0.25) is 0 Å². The van der Waals surface area contributed by atoms with Crippen LogP contribution in [-0.4, -0.2) is 5.78 Å². The van der Waals surface area contributed by atoms with E-state index >= 15 is 0 Å². The van der Waals surface area contributed by atoms with Gasteiger partial charge in [0.25, 0.3) is 0 Å². The smallest absolute Gasteiger partial charge is 0.133 e. The maximum atomic E-state index is 11.5. The molecule has 3 fully saturated rings. The molecule has 1 heteroatoms. The van der Waals surface area contributed by atoms with Gasteiger partial charge in [0, 0.05) is 12.8 Å². The molecule has 2 atom stereocenters. The SMILES string of the molecule is CC1CCC(=O)CC1C1CC2(CCC2)C1. The molecule has 84 valence electrons. The monoisotopic (exact) mass is 206 g/mol. The Labute approximate surface area is 92.6 Å². The summed E-state index contributed by atoms with van der Waals surface area (Å²) in [4.78, 5) is 11.5. The van der Waals surface area contributed by atoms with Crippen molar-refractivity contribution in [3.05, 3.63) is 0 Å². The van der Waals surface area contributed by atoms with Crippen molar-refractivity contribution in [2.75, 3.05) is 0 Å². The van der Waals surface area contributed by atoms with Crippen molar-refractivity contribution in [2.24, 2.45) is 23.2 Å². The summed E-state index contributed by atoms with van der Waals surface area (Å²) in [6.45, 7) is 2.36. The number of carbonyl (C=O) groups is 1. The predicted octanol–water partition coefficient (Wildman–Crippen LogP) is 3.57. The normalized spacial score (nSPS) is 39.9. The van der Waals surface area contributed by atoms with Crippen molar-refractivity contribution in [2.45, 2.75) is 58.3 Å². The molecule has 1 nitrogen and oxygen atoms in total. The van der Waals surface area contributed by atoms with E-state index in [2.05, 4.69) is 6.92 Å². The quantitative estimate of drug-likeness (QED) is 0.641. The molecule has 0 heterocycles. The summed E-state index contributed by atoms with van der Waals surface area (Å²) in [6, 6.07) is 0. The molecule has 0 aliphatic heterocycles. The minimum Gasteiger partial charge on any atom is -0.300 e. The molecule has 0 bridgehead atoms. The first kappa shape index (κ1) is 9.86. The lowest BCUT2D eigenvalue weighted by Crippen LogP contribution is -2.47. The summed E-state index contributed by atoms with van der Waals surface area (Å²) in [6.07, 6.45) is 10.3. The molecule has 3 rings (SSSR count). The molecule has 0 aromatic heterocycles. The molecule has 0 aromatic rings. The molecule has 3 aliphatic rings. The highest BCUT2D eigenvalue weighted by atomic mass is 16.1. The van der Waals surface area contributed by atoms with E-state index in [0.29, 0.717) is 5.78 Å². The Morgan fingerprint density at radius 1 is 1.27 bits per heavy atom. The van der Waals surface area contributed by atoms with Crippen LogP contribution in [0.15, 0.2) is 0 Å². The summed E-state index contributed by atoms with van der Waals surface area (Å²) in [5.74, 6) is 3.00. The highest BCUT2D eigenvalue weighted by Crippen LogP contribution is 2.62. The fourth-order valence-electron chi connectivity index (χ4n) is 4.24. The van der Waals surface area contributed by atoms with Crippen LogP contribution in [0.1, 0.15) is 58.3 Å². The van der Waals surface area contributed by atoms with Gasteiger partial charge in [-0.15, -0.1) is 0 Å². The number of hydrogen-bond acceptors (Lipinski definition) is 1. The molecule has 0 amide bonds. The van der Waals surface area contributed by atoms with Crippen molar-refractivity contribution < 1.29 is 4.79 Å². The molecule has 0 aromatic carbocycles. The van der Waals surface area contributed by atoms with Crippen LogP contribution >= 0.6 is 0 Å². The molecule has 0 N–H and O–H groups in total. The molecule has 15 heavy (non-hydrogen) atoms. The number of rotatable bonds is 1. The summed E-state index contributed by atoms with van der Waals surface area (Å²) in [5, 5.41) is 0. The van der Waals surface area contributed by atoms with E-state index in [1.807, 2.05) is 0 Å². The van der Waals surface area contributed by atoms with Gasteiger partial charge in [0.1, 0.15) is 5.78 Å². The van der Waals surface area contributed by atoms with Crippen molar-refractivity contribution in [3.63, 3.8) is 0 Å². The molecule has 1 spiro atoms. The zero-order valence-corrected chi connectivity index (χ0v) is 9.80. The predicted molar refractivity (Wildman–Crippen MR) is 60.5 cm³/mol. The average molecular weight is 206 g/mol. The van der Waals surface area contributed by atoms with Crippen LogP contribution in [0, 0.1) is 23.2 Å². The first-order chi connectivity index (χ1) is 7.19. The minimum absolute atomic E-state index is 0.535. The van der Waals surface area contributed by atoms with Gasteiger partial charge in [-0.1, -0.05) is 13.3 Å². The maximum absolute atomic E-state index is 11.5. The third-order valence-electron chi connectivity index (χ3n) is 5.48. The van der Waals surface area contributed by atoms with E-state index in [1.54, 1.807) is 0 Å². The van der Waals surface area contributed by atoms with Crippen molar-refractivity contribution in [1.29, 1.82) is 0 Å². The highest BCUT2D eigenvalue weighted by molar-refractivity contribution is 5.79. The van der Waals surface area contributed by atoms with E-state index in [-0.39, 0.29) is 0 Å². The summed E-state index contributed by atoms with van der Waals surface area (Å²) >= 11 is 0. The minimum atomic E-state index is 0.535. The largest absolute Gasteiger partial charge is 0.300 e. The summed E-state index contributed by atoms with van der Waals surface area (Å²) in [5.41, 5.74) is 0.783. The third kappa shape index (κ3) is 1.55. The van der Waals surface area contributed by atoms with Crippen molar-refractivity contribution in [1.82, 2.24) is 0 Å². The van der Waals surface area contributed by atoms with Crippen LogP contribution in [0.25, 0.3) is 0 Å². The van der Waals surface area contributed by atoms with Crippen molar-refractivity contribution in [3.8, 4) is 0 Å². The van der Waals surface area contributed by atoms with E-state index in [1.165, 1.54) is 32.1 Å². The van der Waals surface area contributed by atoms with E-state index in [4.69, 9.17) is 0 Å². The Morgan fingerprint density at radius 2 is 2.00 bits per heavy atom. The zero-order chi connectivity index (χ0) is 10.5. The number of ketones is 1. The van der Waals surface area contributed by atoms with E-state index in [9.17, 15) is 4.79 Å².